The molecule has 9 heteroatoms. The fourth-order valence-corrected chi connectivity index (χ4v) is 2.98. The van der Waals surface area contributed by atoms with E-state index in [1.807, 2.05) is 0 Å². The lowest BCUT2D eigenvalue weighted by Crippen LogP contribution is -2.47. The number of halogens is 1. The normalized spacial score (nSPS) is 16.4. The molecule has 0 unspecified atom stereocenters. The summed E-state index contributed by atoms with van der Waals surface area (Å²) in [6.07, 6.45) is 3.15. The van der Waals surface area contributed by atoms with Crippen molar-refractivity contribution in [3.63, 3.8) is 0 Å². The molecular weight excluding hydrogens is 350 g/mol. The van der Waals surface area contributed by atoms with Crippen molar-refractivity contribution in [2.24, 2.45) is 0 Å². The summed E-state index contributed by atoms with van der Waals surface area (Å²) >= 11 is 6.03. The molecule has 2 aliphatic rings. The van der Waals surface area contributed by atoms with Gasteiger partial charge in [0.25, 0.3) is 11.8 Å². The first kappa shape index (κ1) is 17.3. The molecule has 0 aromatic heterocycles. The molecule has 1 aromatic rings. The van der Waals surface area contributed by atoms with Crippen molar-refractivity contribution in [3.05, 3.63) is 22.7 Å². The van der Waals surface area contributed by atoms with Crippen LogP contribution in [0.5, 0.6) is 11.5 Å². The number of amides is 3. The third-order valence-electron chi connectivity index (χ3n) is 4.01. The fourth-order valence-electron chi connectivity index (χ4n) is 2.72. The van der Waals surface area contributed by atoms with Gasteiger partial charge < -0.3 is 14.4 Å². The first-order valence-electron chi connectivity index (χ1n) is 8.00. The van der Waals surface area contributed by atoms with Gasteiger partial charge in [-0.2, -0.15) is 0 Å². The van der Waals surface area contributed by atoms with Crippen molar-refractivity contribution in [2.75, 3.05) is 19.9 Å². The molecule has 2 heterocycles. The van der Waals surface area contributed by atoms with Gasteiger partial charge in [-0.3, -0.25) is 25.2 Å². The number of hydrogen-bond donors (Lipinski definition) is 2. The molecule has 0 aliphatic carbocycles. The van der Waals surface area contributed by atoms with Crippen molar-refractivity contribution in [3.8, 4) is 11.5 Å². The summed E-state index contributed by atoms with van der Waals surface area (Å²) in [5.41, 5.74) is 4.84. The smallest absolute Gasteiger partial charge is 0.269 e. The first-order chi connectivity index (χ1) is 12.0. The van der Waals surface area contributed by atoms with Gasteiger partial charge in [0.1, 0.15) is 6.54 Å². The van der Waals surface area contributed by atoms with Crippen molar-refractivity contribution in [1.82, 2.24) is 15.8 Å². The van der Waals surface area contributed by atoms with Crippen LogP contribution in [0.2, 0.25) is 5.02 Å². The maximum atomic E-state index is 12.2. The average Bonchev–Trinajstić information content (AvgIpc) is 2.98. The summed E-state index contributed by atoms with van der Waals surface area (Å²) in [5, 5.41) is 0.252. The number of ether oxygens (including phenoxy) is 2. The number of likely N-dealkylation sites (tertiary alicyclic amines) is 1. The number of carbonyl (C=O) groups excluding carboxylic acids is 3. The Morgan fingerprint density at radius 2 is 2.00 bits per heavy atom. The van der Waals surface area contributed by atoms with E-state index in [0.29, 0.717) is 24.5 Å². The third-order valence-corrected chi connectivity index (χ3v) is 4.29. The van der Waals surface area contributed by atoms with Gasteiger partial charge in [-0.25, -0.2) is 0 Å². The lowest BCUT2D eigenvalue weighted by molar-refractivity contribution is -0.135. The summed E-state index contributed by atoms with van der Waals surface area (Å²) in [4.78, 5) is 37.5. The summed E-state index contributed by atoms with van der Waals surface area (Å²) in [5.74, 6) is -0.284. The Bertz CT molecular complexity index is 709. The van der Waals surface area contributed by atoms with Crippen LogP contribution in [-0.2, 0) is 9.59 Å². The zero-order valence-corrected chi connectivity index (χ0v) is 14.2. The Morgan fingerprint density at radius 1 is 1.16 bits per heavy atom. The highest BCUT2D eigenvalue weighted by Gasteiger charge is 2.22. The molecule has 2 N–H and O–H groups in total. The van der Waals surface area contributed by atoms with E-state index in [2.05, 4.69) is 10.9 Å². The molecular formula is C16H18ClN3O5. The van der Waals surface area contributed by atoms with Crippen molar-refractivity contribution in [2.45, 2.75) is 25.7 Å². The number of nitrogens with zero attached hydrogens (tertiary/aromatic N) is 1. The van der Waals surface area contributed by atoms with Gasteiger partial charge >= 0.3 is 0 Å². The second-order valence-electron chi connectivity index (χ2n) is 5.82. The van der Waals surface area contributed by atoms with Crippen LogP contribution in [0, 0.1) is 0 Å². The van der Waals surface area contributed by atoms with Gasteiger partial charge in [0.15, 0.2) is 11.5 Å². The summed E-state index contributed by atoms with van der Waals surface area (Å²) < 4.78 is 10.4. The molecule has 1 fully saturated rings. The van der Waals surface area contributed by atoms with Gasteiger partial charge in [-0.05, 0) is 25.0 Å². The van der Waals surface area contributed by atoms with Crippen LogP contribution in [0.3, 0.4) is 0 Å². The lowest BCUT2D eigenvalue weighted by atomic mass is 10.2. The van der Waals surface area contributed by atoms with Crippen LogP contribution in [0.25, 0.3) is 0 Å². The minimum Gasteiger partial charge on any atom is -0.454 e. The van der Waals surface area contributed by atoms with Gasteiger partial charge in [-0.15, -0.1) is 0 Å². The molecule has 3 amide bonds. The second kappa shape index (κ2) is 7.60. The van der Waals surface area contributed by atoms with E-state index in [-0.39, 0.29) is 29.8 Å². The van der Waals surface area contributed by atoms with Crippen molar-refractivity contribution < 1.29 is 23.9 Å². The van der Waals surface area contributed by atoms with E-state index in [1.54, 1.807) is 0 Å². The monoisotopic (exact) mass is 367 g/mol. The van der Waals surface area contributed by atoms with Crippen LogP contribution >= 0.6 is 11.6 Å². The van der Waals surface area contributed by atoms with E-state index in [0.717, 1.165) is 19.3 Å². The maximum Gasteiger partial charge on any atom is 0.269 e. The quantitative estimate of drug-likeness (QED) is 0.783. The summed E-state index contributed by atoms with van der Waals surface area (Å²) in [6.45, 7) is 0.514. The number of benzene rings is 1. The number of hydrazine groups is 1. The average molecular weight is 368 g/mol. The predicted molar refractivity (Wildman–Crippen MR) is 88.2 cm³/mol. The molecule has 0 saturated carbocycles. The van der Waals surface area contributed by atoms with Crippen LogP contribution in [-0.4, -0.2) is 42.5 Å². The highest BCUT2D eigenvalue weighted by atomic mass is 35.5. The topological polar surface area (TPSA) is 97.0 Å². The number of carbonyl (C=O) groups is 3. The second-order valence-corrected chi connectivity index (χ2v) is 6.23. The number of fused-ring (bicyclic) bond motifs is 1. The molecule has 0 radical (unpaired) electrons. The molecule has 25 heavy (non-hydrogen) atoms. The standard InChI is InChI=1S/C16H18ClN3O5/c17-11-6-10(7-12-15(11)25-9-24-12)16(23)19-18-13(21)8-20-5-3-1-2-4-14(20)22/h6-7H,1-5,8-9H2,(H,18,21)(H,19,23). The molecule has 0 atom stereocenters. The Morgan fingerprint density at radius 3 is 2.84 bits per heavy atom. The predicted octanol–water partition coefficient (Wildman–Crippen LogP) is 1.23. The fraction of sp³-hybridized carbons (Fsp3) is 0.438. The molecule has 1 aromatic carbocycles. The molecule has 134 valence electrons. The maximum absolute atomic E-state index is 12.2. The molecule has 0 spiro atoms. The van der Waals surface area contributed by atoms with Crippen LogP contribution in [0.4, 0.5) is 0 Å². The third kappa shape index (κ3) is 4.14. The van der Waals surface area contributed by atoms with Gasteiger partial charge in [0.05, 0.1) is 5.02 Å². The molecule has 8 nitrogen and oxygen atoms in total. The van der Waals surface area contributed by atoms with Gasteiger partial charge in [-0.1, -0.05) is 18.0 Å². The minimum absolute atomic E-state index is 0.0403. The van der Waals surface area contributed by atoms with E-state index in [9.17, 15) is 14.4 Å². The Hall–Kier alpha value is -2.48. The van der Waals surface area contributed by atoms with E-state index in [1.165, 1.54) is 17.0 Å². The van der Waals surface area contributed by atoms with Crippen molar-refractivity contribution in [1.29, 1.82) is 0 Å². The van der Waals surface area contributed by atoms with Crippen LogP contribution in [0.1, 0.15) is 36.0 Å². The molecule has 3 rings (SSSR count). The number of hydrogen-bond acceptors (Lipinski definition) is 5. The van der Waals surface area contributed by atoms with E-state index >= 15 is 0 Å². The highest BCUT2D eigenvalue weighted by molar-refractivity contribution is 6.32. The number of nitrogens with one attached hydrogen (secondary N) is 2. The Labute approximate surface area is 149 Å². The lowest BCUT2D eigenvalue weighted by Gasteiger charge is -2.19. The summed E-state index contributed by atoms with van der Waals surface area (Å²) in [7, 11) is 0. The van der Waals surface area contributed by atoms with Gasteiger partial charge in [0.2, 0.25) is 12.7 Å². The molecule has 0 bridgehead atoms. The molecule has 1 saturated heterocycles. The van der Waals surface area contributed by atoms with Gasteiger partial charge in [0, 0.05) is 18.5 Å². The number of rotatable bonds is 3. The Balaban J connectivity index is 1.54. The molecule has 2 aliphatic heterocycles. The van der Waals surface area contributed by atoms with E-state index in [4.69, 9.17) is 21.1 Å². The largest absolute Gasteiger partial charge is 0.454 e. The van der Waals surface area contributed by atoms with Crippen LogP contribution < -0.4 is 20.3 Å². The zero-order chi connectivity index (χ0) is 17.8. The van der Waals surface area contributed by atoms with Crippen LogP contribution in [0.15, 0.2) is 12.1 Å². The minimum atomic E-state index is -0.546. The zero-order valence-electron chi connectivity index (χ0n) is 13.5. The van der Waals surface area contributed by atoms with E-state index < -0.39 is 11.8 Å². The first-order valence-corrected chi connectivity index (χ1v) is 8.38. The SMILES string of the molecule is O=C(CN1CCCCCC1=O)NNC(=O)c1cc(Cl)c2c(c1)OCO2. The Kier molecular flexibility index (Phi) is 5.28. The highest BCUT2D eigenvalue weighted by Crippen LogP contribution is 2.39. The van der Waals surface area contributed by atoms with Crippen molar-refractivity contribution >= 4 is 29.3 Å². The summed E-state index contributed by atoms with van der Waals surface area (Å²) in [6, 6.07) is 2.91.